The number of amides is 1. The van der Waals surface area contributed by atoms with Crippen molar-refractivity contribution in [2.24, 2.45) is 0 Å². The first-order valence-electron chi connectivity index (χ1n) is 5.76. The molecule has 0 saturated carbocycles. The summed E-state index contributed by atoms with van der Waals surface area (Å²) in [5.74, 6) is -0.656. The highest BCUT2D eigenvalue weighted by molar-refractivity contribution is 6.31. The minimum absolute atomic E-state index is 0.00559. The number of halogens is 2. The van der Waals surface area contributed by atoms with Crippen molar-refractivity contribution in [2.75, 3.05) is 16.8 Å². The van der Waals surface area contributed by atoms with E-state index in [1.807, 2.05) is 30.3 Å². The van der Waals surface area contributed by atoms with E-state index in [9.17, 15) is 9.18 Å². The maximum absolute atomic E-state index is 13.6. The highest BCUT2D eigenvalue weighted by Crippen LogP contribution is 2.37. The minimum Gasteiger partial charge on any atom is -0.330 e. The lowest BCUT2D eigenvalue weighted by Crippen LogP contribution is -2.35. The van der Waals surface area contributed by atoms with Crippen molar-refractivity contribution in [1.82, 2.24) is 0 Å². The van der Waals surface area contributed by atoms with Gasteiger partial charge in [-0.2, -0.15) is 0 Å². The summed E-state index contributed by atoms with van der Waals surface area (Å²) in [5, 5.41) is 2.69. The van der Waals surface area contributed by atoms with E-state index in [4.69, 9.17) is 11.6 Å². The Kier molecular flexibility index (Phi) is 2.87. The molecule has 3 nitrogen and oxygen atoms in total. The van der Waals surface area contributed by atoms with Gasteiger partial charge in [0.05, 0.1) is 16.4 Å². The number of para-hydroxylation sites is 1. The van der Waals surface area contributed by atoms with Crippen molar-refractivity contribution < 1.29 is 9.18 Å². The van der Waals surface area contributed by atoms with E-state index in [0.29, 0.717) is 11.4 Å². The second-order valence-corrected chi connectivity index (χ2v) is 4.66. The Morgan fingerprint density at radius 1 is 1.21 bits per heavy atom. The van der Waals surface area contributed by atoms with Crippen LogP contribution in [0.5, 0.6) is 0 Å². The second kappa shape index (κ2) is 4.55. The van der Waals surface area contributed by atoms with Crippen LogP contribution in [0.3, 0.4) is 0 Å². The molecule has 0 spiro atoms. The van der Waals surface area contributed by atoms with E-state index in [-0.39, 0.29) is 17.5 Å². The number of carbonyl (C=O) groups excluding carboxylic acids is 1. The quantitative estimate of drug-likeness (QED) is 0.864. The average Bonchev–Trinajstić information content (AvgIpc) is 2.41. The number of nitrogens with zero attached hydrogens (tertiary/aromatic N) is 1. The van der Waals surface area contributed by atoms with Crippen molar-refractivity contribution in [3.63, 3.8) is 0 Å². The Bertz CT molecular complexity index is 645. The first-order chi connectivity index (χ1) is 9.15. The standard InChI is InChI=1S/C14H10ClFN2O/c15-10-6-12-13(7-11(10)16)18(8-14(19)17-12)9-4-2-1-3-5-9/h1-7H,8H2,(H,17,19). The summed E-state index contributed by atoms with van der Waals surface area (Å²) in [7, 11) is 0. The summed E-state index contributed by atoms with van der Waals surface area (Å²) in [6.07, 6.45) is 0. The van der Waals surface area contributed by atoms with Crippen LogP contribution in [-0.4, -0.2) is 12.5 Å². The highest BCUT2D eigenvalue weighted by atomic mass is 35.5. The summed E-state index contributed by atoms with van der Waals surface area (Å²) in [4.78, 5) is 13.5. The van der Waals surface area contributed by atoms with Crippen LogP contribution in [0.1, 0.15) is 0 Å². The number of fused-ring (bicyclic) bond motifs is 1. The summed E-state index contributed by atoms with van der Waals surface area (Å²) >= 11 is 5.74. The van der Waals surface area contributed by atoms with Gasteiger partial charge in [0, 0.05) is 11.8 Å². The van der Waals surface area contributed by atoms with Crippen molar-refractivity contribution in [1.29, 1.82) is 0 Å². The Labute approximate surface area is 114 Å². The fourth-order valence-electron chi connectivity index (χ4n) is 2.12. The average molecular weight is 277 g/mol. The van der Waals surface area contributed by atoms with Crippen LogP contribution < -0.4 is 10.2 Å². The van der Waals surface area contributed by atoms with Gasteiger partial charge in [-0.15, -0.1) is 0 Å². The number of carbonyl (C=O) groups is 1. The minimum atomic E-state index is -0.502. The molecule has 3 rings (SSSR count). The lowest BCUT2D eigenvalue weighted by molar-refractivity contribution is -0.115. The molecule has 2 aromatic carbocycles. The molecule has 1 N–H and O–H groups in total. The summed E-state index contributed by atoms with van der Waals surface area (Å²) in [5.41, 5.74) is 1.96. The van der Waals surface area contributed by atoms with Crippen molar-refractivity contribution in [3.05, 3.63) is 53.3 Å². The van der Waals surface area contributed by atoms with Gasteiger partial charge < -0.3 is 10.2 Å². The first-order valence-corrected chi connectivity index (χ1v) is 6.14. The van der Waals surface area contributed by atoms with Gasteiger partial charge in [0.15, 0.2) is 0 Å². The summed E-state index contributed by atoms with van der Waals surface area (Å²) < 4.78 is 13.6. The largest absolute Gasteiger partial charge is 0.330 e. The van der Waals surface area contributed by atoms with Crippen molar-refractivity contribution in [3.8, 4) is 0 Å². The SMILES string of the molecule is O=C1CN(c2ccccc2)c2cc(F)c(Cl)cc2N1. The van der Waals surface area contributed by atoms with Gasteiger partial charge in [0.2, 0.25) is 5.91 Å². The zero-order valence-corrected chi connectivity index (χ0v) is 10.6. The van der Waals surface area contributed by atoms with E-state index >= 15 is 0 Å². The summed E-state index contributed by atoms with van der Waals surface area (Å²) in [6.45, 7) is 0.151. The van der Waals surface area contributed by atoms with Gasteiger partial charge >= 0.3 is 0 Å². The zero-order valence-electron chi connectivity index (χ0n) is 9.86. The molecule has 19 heavy (non-hydrogen) atoms. The number of hydrogen-bond donors (Lipinski definition) is 1. The normalized spacial score (nSPS) is 14.0. The first kappa shape index (κ1) is 12.0. The number of hydrogen-bond acceptors (Lipinski definition) is 2. The van der Waals surface area contributed by atoms with Gasteiger partial charge in [-0.05, 0) is 18.2 Å². The van der Waals surface area contributed by atoms with Gasteiger partial charge in [0.1, 0.15) is 12.4 Å². The van der Waals surface area contributed by atoms with Gasteiger partial charge in [-0.1, -0.05) is 29.8 Å². The summed E-state index contributed by atoms with van der Waals surface area (Å²) in [6, 6.07) is 12.1. The van der Waals surface area contributed by atoms with Crippen LogP contribution in [-0.2, 0) is 4.79 Å². The van der Waals surface area contributed by atoms with Crippen LogP contribution in [0.4, 0.5) is 21.5 Å². The Morgan fingerprint density at radius 2 is 1.95 bits per heavy atom. The molecule has 2 aromatic rings. The second-order valence-electron chi connectivity index (χ2n) is 4.25. The molecular formula is C14H10ClFN2O. The molecule has 96 valence electrons. The molecule has 0 fully saturated rings. The molecule has 1 aliphatic heterocycles. The molecule has 0 atom stereocenters. The van der Waals surface area contributed by atoms with Crippen LogP contribution in [0.25, 0.3) is 0 Å². The number of anilines is 3. The predicted molar refractivity (Wildman–Crippen MR) is 73.5 cm³/mol. The molecule has 0 unspecified atom stereocenters. The highest BCUT2D eigenvalue weighted by Gasteiger charge is 2.24. The smallest absolute Gasteiger partial charge is 0.244 e. The molecule has 1 heterocycles. The maximum atomic E-state index is 13.6. The molecule has 0 aromatic heterocycles. The molecular weight excluding hydrogens is 267 g/mol. The molecule has 0 bridgehead atoms. The third kappa shape index (κ3) is 2.15. The molecule has 5 heteroatoms. The molecule has 1 amide bonds. The fraction of sp³-hybridized carbons (Fsp3) is 0.0714. The third-order valence-electron chi connectivity index (χ3n) is 2.97. The molecule has 1 aliphatic rings. The zero-order chi connectivity index (χ0) is 13.4. The van der Waals surface area contributed by atoms with Gasteiger partial charge in [0.25, 0.3) is 0 Å². The Morgan fingerprint density at radius 3 is 2.68 bits per heavy atom. The van der Waals surface area contributed by atoms with E-state index in [1.54, 1.807) is 4.90 Å². The fourth-order valence-corrected chi connectivity index (χ4v) is 2.28. The van der Waals surface area contributed by atoms with E-state index < -0.39 is 5.82 Å². The van der Waals surface area contributed by atoms with Gasteiger partial charge in [-0.25, -0.2) is 4.39 Å². The lowest BCUT2D eigenvalue weighted by atomic mass is 10.1. The predicted octanol–water partition coefficient (Wildman–Crippen LogP) is 3.57. The molecule has 0 radical (unpaired) electrons. The van der Waals surface area contributed by atoms with E-state index in [0.717, 1.165) is 5.69 Å². The monoisotopic (exact) mass is 276 g/mol. The Hall–Kier alpha value is -2.07. The van der Waals surface area contributed by atoms with Crippen molar-refractivity contribution >= 4 is 34.6 Å². The maximum Gasteiger partial charge on any atom is 0.244 e. The van der Waals surface area contributed by atoms with E-state index in [1.165, 1.54) is 12.1 Å². The van der Waals surface area contributed by atoms with Crippen LogP contribution in [0.15, 0.2) is 42.5 Å². The number of rotatable bonds is 1. The van der Waals surface area contributed by atoms with Crippen LogP contribution in [0.2, 0.25) is 5.02 Å². The molecule has 0 saturated heterocycles. The van der Waals surface area contributed by atoms with Crippen LogP contribution >= 0.6 is 11.6 Å². The van der Waals surface area contributed by atoms with Gasteiger partial charge in [-0.3, -0.25) is 4.79 Å². The Balaban J connectivity index is 2.14. The van der Waals surface area contributed by atoms with Crippen molar-refractivity contribution in [2.45, 2.75) is 0 Å². The molecule has 0 aliphatic carbocycles. The number of nitrogens with one attached hydrogen (secondary N) is 1. The lowest BCUT2D eigenvalue weighted by Gasteiger charge is -2.31. The van der Waals surface area contributed by atoms with E-state index in [2.05, 4.69) is 5.32 Å². The number of benzene rings is 2. The van der Waals surface area contributed by atoms with Crippen LogP contribution in [0, 0.1) is 5.82 Å². The third-order valence-corrected chi connectivity index (χ3v) is 3.26. The topological polar surface area (TPSA) is 32.3 Å².